The minimum absolute atomic E-state index is 0.0184. The third-order valence-electron chi connectivity index (χ3n) is 5.47. The van der Waals surface area contributed by atoms with Crippen LogP contribution in [0.1, 0.15) is 38.2 Å². The SMILES string of the molecule is CNCC1CCN(C(=O)C2CCN(c3ccc(C(C)C)cc3)C2=O)C1. The molecular formula is C20H29N3O2. The van der Waals surface area contributed by atoms with Gasteiger partial charge < -0.3 is 15.1 Å². The van der Waals surface area contributed by atoms with Crippen molar-refractivity contribution in [2.75, 3.05) is 38.1 Å². The average Bonchev–Trinajstić information content (AvgIpc) is 3.22. The normalized spacial score (nSPS) is 23.8. The molecule has 2 aliphatic rings. The molecule has 2 heterocycles. The van der Waals surface area contributed by atoms with E-state index in [1.165, 1.54) is 5.56 Å². The molecule has 5 nitrogen and oxygen atoms in total. The predicted octanol–water partition coefficient (Wildman–Crippen LogP) is 2.23. The smallest absolute Gasteiger partial charge is 0.239 e. The molecule has 2 aliphatic heterocycles. The summed E-state index contributed by atoms with van der Waals surface area (Å²) in [5.41, 5.74) is 2.16. The molecule has 136 valence electrons. The van der Waals surface area contributed by atoms with Crippen LogP contribution in [0.5, 0.6) is 0 Å². The number of nitrogens with one attached hydrogen (secondary N) is 1. The first-order valence-electron chi connectivity index (χ1n) is 9.36. The number of hydrogen-bond donors (Lipinski definition) is 1. The van der Waals surface area contributed by atoms with Gasteiger partial charge in [0.25, 0.3) is 0 Å². The lowest BCUT2D eigenvalue weighted by atomic mass is 10.0. The quantitative estimate of drug-likeness (QED) is 0.834. The van der Waals surface area contributed by atoms with Gasteiger partial charge in [-0.1, -0.05) is 26.0 Å². The maximum atomic E-state index is 12.8. The van der Waals surface area contributed by atoms with Crippen LogP contribution < -0.4 is 10.2 Å². The van der Waals surface area contributed by atoms with E-state index in [0.717, 1.165) is 31.7 Å². The molecule has 0 bridgehead atoms. The molecule has 2 amide bonds. The van der Waals surface area contributed by atoms with E-state index in [0.29, 0.717) is 24.8 Å². The maximum absolute atomic E-state index is 12.8. The van der Waals surface area contributed by atoms with Gasteiger partial charge in [-0.15, -0.1) is 0 Å². The summed E-state index contributed by atoms with van der Waals surface area (Å²) in [7, 11) is 1.94. The lowest BCUT2D eigenvalue weighted by Gasteiger charge is -2.21. The lowest BCUT2D eigenvalue weighted by molar-refractivity contribution is -0.139. The second kappa shape index (κ2) is 7.56. The topological polar surface area (TPSA) is 52.7 Å². The summed E-state index contributed by atoms with van der Waals surface area (Å²) in [5.74, 6) is 0.450. The van der Waals surface area contributed by atoms with Crippen LogP contribution in [-0.2, 0) is 9.59 Å². The van der Waals surface area contributed by atoms with Crippen molar-refractivity contribution in [3.8, 4) is 0 Å². The molecule has 5 heteroatoms. The van der Waals surface area contributed by atoms with Crippen molar-refractivity contribution in [2.24, 2.45) is 11.8 Å². The van der Waals surface area contributed by atoms with Crippen LogP contribution in [0, 0.1) is 11.8 Å². The minimum Gasteiger partial charge on any atom is -0.342 e. The molecule has 1 N–H and O–H groups in total. The Balaban J connectivity index is 1.64. The van der Waals surface area contributed by atoms with Gasteiger partial charge >= 0.3 is 0 Å². The Morgan fingerprint density at radius 2 is 1.92 bits per heavy atom. The molecule has 3 rings (SSSR count). The first-order chi connectivity index (χ1) is 12.0. The minimum atomic E-state index is -0.502. The highest BCUT2D eigenvalue weighted by Crippen LogP contribution is 2.29. The fourth-order valence-corrected chi connectivity index (χ4v) is 3.91. The number of rotatable bonds is 5. The number of benzene rings is 1. The molecule has 0 saturated carbocycles. The van der Waals surface area contributed by atoms with Crippen molar-refractivity contribution >= 4 is 17.5 Å². The molecule has 0 aliphatic carbocycles. The molecule has 2 saturated heterocycles. The number of amides is 2. The Morgan fingerprint density at radius 3 is 2.56 bits per heavy atom. The molecular weight excluding hydrogens is 314 g/mol. The number of nitrogens with zero attached hydrogens (tertiary/aromatic N) is 2. The first-order valence-corrected chi connectivity index (χ1v) is 9.36. The molecule has 0 radical (unpaired) electrons. The molecule has 0 aromatic heterocycles. The van der Waals surface area contributed by atoms with Crippen molar-refractivity contribution in [1.29, 1.82) is 0 Å². The van der Waals surface area contributed by atoms with Crippen LogP contribution >= 0.6 is 0 Å². The zero-order valence-electron chi connectivity index (χ0n) is 15.5. The summed E-state index contributed by atoms with van der Waals surface area (Å²) < 4.78 is 0. The van der Waals surface area contributed by atoms with Crippen molar-refractivity contribution in [2.45, 2.75) is 32.6 Å². The Bertz CT molecular complexity index is 626. The van der Waals surface area contributed by atoms with E-state index in [1.807, 2.05) is 24.1 Å². The zero-order valence-corrected chi connectivity index (χ0v) is 15.5. The molecule has 2 fully saturated rings. The summed E-state index contributed by atoms with van der Waals surface area (Å²) in [6.07, 6.45) is 1.64. The van der Waals surface area contributed by atoms with Gasteiger partial charge in [-0.05, 0) is 56.0 Å². The fourth-order valence-electron chi connectivity index (χ4n) is 3.91. The van der Waals surface area contributed by atoms with Gasteiger partial charge in [-0.2, -0.15) is 0 Å². The summed E-state index contributed by atoms with van der Waals surface area (Å²) in [6, 6.07) is 8.15. The highest BCUT2D eigenvalue weighted by atomic mass is 16.2. The van der Waals surface area contributed by atoms with Gasteiger partial charge in [0.15, 0.2) is 0 Å². The highest BCUT2D eigenvalue weighted by molar-refractivity contribution is 6.09. The molecule has 1 aromatic rings. The van der Waals surface area contributed by atoms with Crippen molar-refractivity contribution in [1.82, 2.24) is 10.2 Å². The average molecular weight is 343 g/mol. The number of likely N-dealkylation sites (tertiary alicyclic amines) is 1. The molecule has 2 unspecified atom stereocenters. The van der Waals surface area contributed by atoms with E-state index >= 15 is 0 Å². The number of carbonyl (C=O) groups is 2. The second-order valence-corrected chi connectivity index (χ2v) is 7.57. The van der Waals surface area contributed by atoms with Gasteiger partial charge in [0.05, 0.1) is 0 Å². The largest absolute Gasteiger partial charge is 0.342 e. The molecule has 0 spiro atoms. The Hall–Kier alpha value is -1.88. The molecule has 25 heavy (non-hydrogen) atoms. The van der Waals surface area contributed by atoms with Gasteiger partial charge in [0.2, 0.25) is 11.8 Å². The fraction of sp³-hybridized carbons (Fsp3) is 0.600. The van der Waals surface area contributed by atoms with E-state index in [4.69, 9.17) is 0 Å². The summed E-state index contributed by atoms with van der Waals surface area (Å²) in [5, 5.41) is 3.18. The summed E-state index contributed by atoms with van der Waals surface area (Å²) >= 11 is 0. The van der Waals surface area contributed by atoms with E-state index in [2.05, 4.69) is 31.3 Å². The third-order valence-corrected chi connectivity index (χ3v) is 5.47. The Morgan fingerprint density at radius 1 is 1.20 bits per heavy atom. The van der Waals surface area contributed by atoms with Crippen LogP contribution in [0.3, 0.4) is 0 Å². The van der Waals surface area contributed by atoms with Gasteiger partial charge in [-0.25, -0.2) is 0 Å². The van der Waals surface area contributed by atoms with Crippen molar-refractivity contribution in [3.05, 3.63) is 29.8 Å². The second-order valence-electron chi connectivity index (χ2n) is 7.57. The Labute approximate surface area is 150 Å². The monoisotopic (exact) mass is 343 g/mol. The van der Waals surface area contributed by atoms with E-state index < -0.39 is 5.92 Å². The van der Waals surface area contributed by atoms with Gasteiger partial charge in [0, 0.05) is 25.3 Å². The predicted molar refractivity (Wildman–Crippen MR) is 99.6 cm³/mol. The number of carbonyl (C=O) groups excluding carboxylic acids is 2. The van der Waals surface area contributed by atoms with Crippen LogP contribution in [0.4, 0.5) is 5.69 Å². The first kappa shape index (κ1) is 17.9. The van der Waals surface area contributed by atoms with Crippen LogP contribution in [0.2, 0.25) is 0 Å². The van der Waals surface area contributed by atoms with Gasteiger partial charge in [-0.3, -0.25) is 9.59 Å². The zero-order chi connectivity index (χ0) is 18.0. The van der Waals surface area contributed by atoms with Crippen molar-refractivity contribution < 1.29 is 9.59 Å². The van der Waals surface area contributed by atoms with E-state index in [9.17, 15) is 9.59 Å². The molecule has 2 atom stereocenters. The molecule has 1 aromatic carbocycles. The number of anilines is 1. The Kier molecular flexibility index (Phi) is 5.42. The van der Waals surface area contributed by atoms with Crippen LogP contribution in [-0.4, -0.2) is 49.9 Å². The standard InChI is InChI=1S/C20H29N3O2/c1-14(2)16-4-6-17(7-5-16)23-11-9-18(20(23)25)19(24)22-10-8-15(13-22)12-21-3/h4-7,14-15,18,21H,8-13H2,1-3H3. The maximum Gasteiger partial charge on any atom is 0.239 e. The lowest BCUT2D eigenvalue weighted by Crippen LogP contribution is -2.39. The van der Waals surface area contributed by atoms with Crippen LogP contribution in [0.25, 0.3) is 0 Å². The van der Waals surface area contributed by atoms with E-state index in [1.54, 1.807) is 4.90 Å². The van der Waals surface area contributed by atoms with Crippen molar-refractivity contribution in [3.63, 3.8) is 0 Å². The third kappa shape index (κ3) is 3.71. The summed E-state index contributed by atoms with van der Waals surface area (Å²) in [6.45, 7) is 7.41. The highest BCUT2D eigenvalue weighted by Gasteiger charge is 2.41. The van der Waals surface area contributed by atoms with E-state index in [-0.39, 0.29) is 11.8 Å². The summed E-state index contributed by atoms with van der Waals surface area (Å²) in [4.78, 5) is 29.2. The van der Waals surface area contributed by atoms with Gasteiger partial charge in [0.1, 0.15) is 5.92 Å². The number of hydrogen-bond acceptors (Lipinski definition) is 3. The van der Waals surface area contributed by atoms with Crippen LogP contribution in [0.15, 0.2) is 24.3 Å².